The van der Waals surface area contributed by atoms with Crippen molar-refractivity contribution >= 4 is 11.7 Å². The molecule has 0 bridgehead atoms. The number of hydrogen-bond acceptors (Lipinski definition) is 3. The van der Waals surface area contributed by atoms with Crippen LogP contribution in [0.25, 0.3) is 0 Å². The highest BCUT2D eigenvalue weighted by molar-refractivity contribution is 5.94. The van der Waals surface area contributed by atoms with Crippen LogP contribution >= 0.6 is 0 Å². The van der Waals surface area contributed by atoms with Crippen molar-refractivity contribution in [3.05, 3.63) is 23.9 Å². The van der Waals surface area contributed by atoms with Crippen LogP contribution in [0.4, 0.5) is 5.82 Å². The number of nitrogens with zero attached hydrogens (tertiary/aromatic N) is 1. The van der Waals surface area contributed by atoms with Crippen molar-refractivity contribution in [3.8, 4) is 0 Å². The summed E-state index contributed by atoms with van der Waals surface area (Å²) in [4.78, 5) is 16.1. The second kappa shape index (κ2) is 7.69. The van der Waals surface area contributed by atoms with Crippen LogP contribution in [0.2, 0.25) is 0 Å². The number of hydrogen-bond donors (Lipinski definition) is 2. The molecule has 0 saturated carbocycles. The molecule has 0 fully saturated rings. The van der Waals surface area contributed by atoms with Gasteiger partial charge in [0, 0.05) is 24.8 Å². The topological polar surface area (TPSA) is 54.0 Å². The molecule has 0 atom stereocenters. The first-order valence-electron chi connectivity index (χ1n) is 6.61. The van der Waals surface area contributed by atoms with Gasteiger partial charge >= 0.3 is 0 Å². The van der Waals surface area contributed by atoms with Crippen molar-refractivity contribution < 1.29 is 4.79 Å². The Morgan fingerprint density at radius 3 is 2.83 bits per heavy atom. The lowest BCUT2D eigenvalue weighted by molar-refractivity contribution is 0.0952. The Morgan fingerprint density at radius 1 is 1.39 bits per heavy atom. The summed E-state index contributed by atoms with van der Waals surface area (Å²) in [5, 5.41) is 6.09. The predicted molar refractivity (Wildman–Crippen MR) is 74.8 cm³/mol. The summed E-state index contributed by atoms with van der Waals surface area (Å²) >= 11 is 0. The van der Waals surface area contributed by atoms with Gasteiger partial charge in [0.05, 0.1) is 0 Å². The van der Waals surface area contributed by atoms with Crippen LogP contribution in [0.15, 0.2) is 18.3 Å². The van der Waals surface area contributed by atoms with Crippen molar-refractivity contribution in [2.45, 2.75) is 33.6 Å². The average molecular weight is 249 g/mol. The molecule has 0 radical (unpaired) electrons. The number of rotatable bonds is 7. The van der Waals surface area contributed by atoms with Crippen LogP contribution in [0, 0.1) is 5.92 Å². The fraction of sp³-hybridized carbons (Fsp3) is 0.571. The number of carbonyl (C=O) groups excluding carboxylic acids is 1. The van der Waals surface area contributed by atoms with Gasteiger partial charge in [0.25, 0.3) is 5.91 Å². The van der Waals surface area contributed by atoms with E-state index in [9.17, 15) is 4.79 Å². The number of anilines is 1. The molecule has 0 aromatic carbocycles. The van der Waals surface area contributed by atoms with E-state index in [0.29, 0.717) is 11.5 Å². The standard InChI is InChI=1S/C14H23N3O/c1-4-7-15-13-10-12(6-9-16-13)14(18)17-8-5-11(2)3/h6,9-11H,4-5,7-8H2,1-3H3,(H,15,16)(H,17,18). The highest BCUT2D eigenvalue weighted by Crippen LogP contribution is 2.07. The molecule has 18 heavy (non-hydrogen) atoms. The summed E-state index contributed by atoms with van der Waals surface area (Å²) in [7, 11) is 0. The van der Waals surface area contributed by atoms with Gasteiger partial charge in [-0.3, -0.25) is 4.79 Å². The van der Waals surface area contributed by atoms with E-state index in [1.807, 2.05) is 0 Å². The molecular formula is C14H23N3O. The van der Waals surface area contributed by atoms with Crippen LogP contribution in [0.1, 0.15) is 44.0 Å². The third kappa shape index (κ3) is 5.17. The molecule has 100 valence electrons. The third-order valence-electron chi connectivity index (χ3n) is 2.59. The van der Waals surface area contributed by atoms with E-state index in [0.717, 1.165) is 31.7 Å². The van der Waals surface area contributed by atoms with Crippen LogP contribution in [-0.2, 0) is 0 Å². The average Bonchev–Trinajstić information content (AvgIpc) is 2.36. The molecule has 0 saturated heterocycles. The fourth-order valence-electron chi connectivity index (χ4n) is 1.50. The van der Waals surface area contributed by atoms with E-state index < -0.39 is 0 Å². The lowest BCUT2D eigenvalue weighted by Gasteiger charge is -2.08. The largest absolute Gasteiger partial charge is 0.370 e. The monoisotopic (exact) mass is 249 g/mol. The van der Waals surface area contributed by atoms with Crippen LogP contribution < -0.4 is 10.6 Å². The van der Waals surface area contributed by atoms with E-state index >= 15 is 0 Å². The zero-order chi connectivity index (χ0) is 13.4. The van der Waals surface area contributed by atoms with Gasteiger partial charge in [0.2, 0.25) is 0 Å². The molecule has 1 heterocycles. The summed E-state index contributed by atoms with van der Waals surface area (Å²) in [6.07, 6.45) is 3.69. The summed E-state index contributed by atoms with van der Waals surface area (Å²) in [5.41, 5.74) is 0.660. The molecule has 0 aliphatic heterocycles. The van der Waals surface area contributed by atoms with Gasteiger partial charge < -0.3 is 10.6 Å². The van der Waals surface area contributed by atoms with Crippen molar-refractivity contribution in [3.63, 3.8) is 0 Å². The molecule has 0 aliphatic rings. The van der Waals surface area contributed by atoms with Gasteiger partial charge in [-0.15, -0.1) is 0 Å². The zero-order valence-corrected chi connectivity index (χ0v) is 11.5. The molecule has 0 aliphatic carbocycles. The van der Waals surface area contributed by atoms with Crippen molar-refractivity contribution in [2.75, 3.05) is 18.4 Å². The summed E-state index contributed by atoms with van der Waals surface area (Å²) in [6, 6.07) is 3.53. The Bertz CT molecular complexity index is 377. The minimum atomic E-state index is -0.0300. The predicted octanol–water partition coefficient (Wildman–Crippen LogP) is 2.68. The molecule has 2 N–H and O–H groups in total. The van der Waals surface area contributed by atoms with Crippen LogP contribution in [0.3, 0.4) is 0 Å². The minimum absolute atomic E-state index is 0.0300. The Kier molecular flexibility index (Phi) is 6.19. The SMILES string of the molecule is CCCNc1cc(C(=O)NCCC(C)C)ccn1. The maximum absolute atomic E-state index is 11.9. The Morgan fingerprint density at radius 2 is 2.17 bits per heavy atom. The Hall–Kier alpha value is -1.58. The lowest BCUT2D eigenvalue weighted by Crippen LogP contribution is -2.25. The molecule has 0 spiro atoms. The minimum Gasteiger partial charge on any atom is -0.370 e. The van der Waals surface area contributed by atoms with Gasteiger partial charge in [-0.2, -0.15) is 0 Å². The summed E-state index contributed by atoms with van der Waals surface area (Å²) in [6.45, 7) is 7.97. The first kappa shape index (κ1) is 14.5. The van der Waals surface area contributed by atoms with E-state index in [1.54, 1.807) is 18.3 Å². The Balaban J connectivity index is 2.51. The van der Waals surface area contributed by atoms with Crippen molar-refractivity contribution in [1.82, 2.24) is 10.3 Å². The molecule has 4 nitrogen and oxygen atoms in total. The van der Waals surface area contributed by atoms with Gasteiger partial charge in [-0.1, -0.05) is 20.8 Å². The quantitative estimate of drug-likeness (QED) is 0.781. The van der Waals surface area contributed by atoms with Crippen molar-refractivity contribution in [1.29, 1.82) is 0 Å². The van der Waals surface area contributed by atoms with Gasteiger partial charge in [-0.25, -0.2) is 4.98 Å². The Labute approximate surface area is 109 Å². The highest BCUT2D eigenvalue weighted by Gasteiger charge is 2.06. The second-order valence-electron chi connectivity index (χ2n) is 4.79. The summed E-state index contributed by atoms with van der Waals surface area (Å²) in [5.74, 6) is 1.33. The molecule has 1 aromatic rings. The first-order valence-corrected chi connectivity index (χ1v) is 6.61. The smallest absolute Gasteiger partial charge is 0.251 e. The van der Waals surface area contributed by atoms with E-state index in [-0.39, 0.29) is 5.91 Å². The number of pyridine rings is 1. The first-order chi connectivity index (χ1) is 8.63. The lowest BCUT2D eigenvalue weighted by atomic mass is 10.1. The molecule has 0 unspecified atom stereocenters. The second-order valence-corrected chi connectivity index (χ2v) is 4.79. The number of nitrogens with one attached hydrogen (secondary N) is 2. The van der Waals surface area contributed by atoms with E-state index in [1.165, 1.54) is 0 Å². The normalized spacial score (nSPS) is 10.4. The van der Waals surface area contributed by atoms with E-state index in [2.05, 4.69) is 36.4 Å². The highest BCUT2D eigenvalue weighted by atomic mass is 16.1. The van der Waals surface area contributed by atoms with Crippen LogP contribution in [0.5, 0.6) is 0 Å². The number of carbonyl (C=O) groups is 1. The third-order valence-corrected chi connectivity index (χ3v) is 2.59. The maximum Gasteiger partial charge on any atom is 0.251 e. The number of aromatic nitrogens is 1. The van der Waals surface area contributed by atoms with Crippen molar-refractivity contribution in [2.24, 2.45) is 5.92 Å². The van der Waals surface area contributed by atoms with Gasteiger partial charge in [0.15, 0.2) is 0 Å². The van der Waals surface area contributed by atoms with Gasteiger partial charge in [-0.05, 0) is 30.9 Å². The van der Waals surface area contributed by atoms with E-state index in [4.69, 9.17) is 0 Å². The molecular weight excluding hydrogens is 226 g/mol. The molecule has 1 amide bonds. The molecule has 1 rings (SSSR count). The molecule has 1 aromatic heterocycles. The zero-order valence-electron chi connectivity index (χ0n) is 11.5. The molecule has 4 heteroatoms. The summed E-state index contributed by atoms with van der Waals surface area (Å²) < 4.78 is 0. The van der Waals surface area contributed by atoms with Gasteiger partial charge in [0.1, 0.15) is 5.82 Å². The fourth-order valence-corrected chi connectivity index (χ4v) is 1.50. The van der Waals surface area contributed by atoms with Crippen LogP contribution in [-0.4, -0.2) is 24.0 Å². The number of amides is 1. The maximum atomic E-state index is 11.9.